The van der Waals surface area contributed by atoms with Crippen molar-refractivity contribution in [1.29, 1.82) is 0 Å². The van der Waals surface area contributed by atoms with Crippen molar-refractivity contribution in [2.75, 3.05) is 24.6 Å². The molecule has 53 heavy (non-hydrogen) atoms. The van der Waals surface area contributed by atoms with Gasteiger partial charge in [-0.1, -0.05) is 64.4 Å². The van der Waals surface area contributed by atoms with Crippen LogP contribution in [0.2, 0.25) is 0 Å². The van der Waals surface area contributed by atoms with Crippen molar-refractivity contribution in [2.24, 2.45) is 5.41 Å². The van der Waals surface area contributed by atoms with Crippen LogP contribution in [-0.4, -0.2) is 92.8 Å². The molecule has 0 bridgehead atoms. The molecule has 2 saturated heterocycles. The Bertz CT molecular complexity index is 1600. The summed E-state index contributed by atoms with van der Waals surface area (Å²) in [4.78, 5) is 82.5. The molecule has 4 N–H and O–H groups in total. The van der Waals surface area contributed by atoms with E-state index in [1.54, 1.807) is 56.4 Å². The average molecular weight is 772 g/mol. The maximum absolute atomic E-state index is 14.4. The smallest absolute Gasteiger partial charge is 0.408 e. The Hall–Kier alpha value is -3.98. The number of thioether (sulfide) groups is 2. The van der Waals surface area contributed by atoms with E-state index in [4.69, 9.17) is 9.15 Å². The molecule has 2 aliphatic heterocycles. The molecule has 1 aromatic carbocycles. The van der Waals surface area contributed by atoms with Crippen LogP contribution >= 0.6 is 23.5 Å². The number of ether oxygens (including phenoxy) is 1. The zero-order valence-corrected chi connectivity index (χ0v) is 33.2. The van der Waals surface area contributed by atoms with Crippen LogP contribution in [0.4, 0.5) is 4.79 Å². The lowest BCUT2D eigenvalue weighted by Gasteiger charge is -2.36. The lowest BCUT2D eigenvalue weighted by atomic mass is 9.85. The van der Waals surface area contributed by atoms with Gasteiger partial charge in [0.15, 0.2) is 0 Å². The summed E-state index contributed by atoms with van der Waals surface area (Å²) in [7, 11) is 0. The van der Waals surface area contributed by atoms with Crippen LogP contribution in [0.3, 0.4) is 0 Å². The second-order valence-corrected chi connectivity index (χ2v) is 18.6. The van der Waals surface area contributed by atoms with E-state index in [1.165, 1.54) is 11.2 Å². The van der Waals surface area contributed by atoms with E-state index >= 15 is 0 Å². The first-order valence-electron chi connectivity index (χ1n) is 18.0. The lowest BCUT2D eigenvalue weighted by Crippen LogP contribution is -2.59. The highest BCUT2D eigenvalue weighted by Gasteiger charge is 2.53. The number of nitrogens with zero attached hydrogens (tertiary/aromatic N) is 1. The normalized spacial score (nSPS) is 18.7. The summed E-state index contributed by atoms with van der Waals surface area (Å²) in [6.45, 7) is 12.3. The Kier molecular flexibility index (Phi) is 14.1. The molecule has 2 aliphatic rings. The molecule has 3 heterocycles. The van der Waals surface area contributed by atoms with E-state index in [2.05, 4.69) is 21.3 Å². The number of furan rings is 1. The van der Waals surface area contributed by atoms with Gasteiger partial charge in [0, 0.05) is 13.0 Å². The molecule has 3 unspecified atom stereocenters. The number of likely N-dealkylation sites (tertiary alicyclic amines) is 1. The number of alkyl carbamates (subject to hydrolysis) is 1. The number of hydrogen-bond donors (Lipinski definition) is 4. The molecule has 4 atom stereocenters. The number of carbonyl (C=O) groups excluding carboxylic acids is 6. The molecule has 0 aliphatic carbocycles. The largest absolute Gasteiger partial charge is 0.467 e. The molecule has 1 aromatic heterocycles. The summed E-state index contributed by atoms with van der Waals surface area (Å²) in [6.07, 6.45) is 2.73. The predicted molar refractivity (Wildman–Crippen MR) is 205 cm³/mol. The minimum atomic E-state index is -1.19. The second kappa shape index (κ2) is 17.9. The van der Waals surface area contributed by atoms with Crippen molar-refractivity contribution in [3.63, 3.8) is 0 Å². The van der Waals surface area contributed by atoms with E-state index in [9.17, 15) is 28.8 Å². The van der Waals surface area contributed by atoms with Crippen molar-refractivity contribution in [3.8, 4) is 0 Å². The van der Waals surface area contributed by atoms with Gasteiger partial charge in [0.1, 0.15) is 29.5 Å². The standard InChI is InChI=1S/C38H53N5O8S2/c1-8-14-25(30(45)33(47)39-22-28(44)41-29(27-17-12-18-50-27)24-15-10-9-11-16-24)40-32(46)26-21-38(52-19-13-20-53-38)23-43(26)34(48)31(36(2,3)4)42-35(49)51-37(5,6)7/h9-12,15-18,25-26,29,31H,8,13-14,19-23H2,1-7H3,(H,39,47)(H,40,46)(H,41,44)(H,42,49)/t25?,26-,29?,31?/m0/s1. The third-order valence-electron chi connectivity index (χ3n) is 8.78. The first kappa shape index (κ1) is 41.8. The predicted octanol–water partition coefficient (Wildman–Crippen LogP) is 4.56. The van der Waals surface area contributed by atoms with Gasteiger partial charge in [-0.2, -0.15) is 0 Å². The first-order chi connectivity index (χ1) is 24.9. The van der Waals surface area contributed by atoms with Crippen LogP contribution in [0.25, 0.3) is 0 Å². The van der Waals surface area contributed by atoms with Crippen molar-refractivity contribution in [3.05, 3.63) is 60.1 Å². The zero-order chi connectivity index (χ0) is 39.0. The number of carbonyl (C=O) groups is 6. The second-order valence-electron chi connectivity index (χ2n) is 15.4. The summed E-state index contributed by atoms with van der Waals surface area (Å²) in [6, 6.07) is 8.84. The van der Waals surface area contributed by atoms with Crippen LogP contribution < -0.4 is 21.3 Å². The van der Waals surface area contributed by atoms with E-state index in [0.29, 0.717) is 18.6 Å². The summed E-state index contributed by atoms with van der Waals surface area (Å²) in [5.41, 5.74) is -0.751. The van der Waals surface area contributed by atoms with E-state index < -0.39 is 81.3 Å². The Morgan fingerprint density at radius 3 is 2.21 bits per heavy atom. The number of rotatable bonds is 13. The molecule has 0 radical (unpaired) electrons. The van der Waals surface area contributed by atoms with Gasteiger partial charge in [-0.3, -0.25) is 24.0 Å². The van der Waals surface area contributed by atoms with Crippen LogP contribution in [-0.2, 0) is 28.7 Å². The van der Waals surface area contributed by atoms with Gasteiger partial charge in [0.2, 0.25) is 23.5 Å². The van der Waals surface area contributed by atoms with Gasteiger partial charge < -0.3 is 35.3 Å². The lowest BCUT2D eigenvalue weighted by molar-refractivity contribution is -0.144. The quantitative estimate of drug-likeness (QED) is 0.211. The highest BCUT2D eigenvalue weighted by Crippen LogP contribution is 2.50. The molecular weight excluding hydrogens is 719 g/mol. The van der Waals surface area contributed by atoms with Crippen molar-refractivity contribution in [2.45, 2.75) is 108 Å². The van der Waals surface area contributed by atoms with Gasteiger partial charge in [-0.25, -0.2) is 4.79 Å². The van der Waals surface area contributed by atoms with Crippen molar-refractivity contribution in [1.82, 2.24) is 26.2 Å². The average Bonchev–Trinajstić information content (AvgIpc) is 3.76. The van der Waals surface area contributed by atoms with Crippen LogP contribution in [0, 0.1) is 5.41 Å². The van der Waals surface area contributed by atoms with Crippen LogP contribution in [0.1, 0.15) is 91.5 Å². The summed E-state index contributed by atoms with van der Waals surface area (Å²) < 4.78 is 10.6. The molecule has 5 amide bonds. The van der Waals surface area contributed by atoms with Gasteiger partial charge in [-0.15, -0.1) is 23.5 Å². The molecular formula is C38H53N5O8S2. The minimum Gasteiger partial charge on any atom is -0.467 e. The Morgan fingerprint density at radius 2 is 1.62 bits per heavy atom. The fourth-order valence-corrected chi connectivity index (χ4v) is 9.58. The minimum absolute atomic E-state index is 0.166. The number of amides is 5. The Labute approximate surface area is 320 Å². The highest BCUT2D eigenvalue weighted by molar-refractivity contribution is 8.18. The van der Waals surface area contributed by atoms with E-state index in [1.807, 2.05) is 58.0 Å². The highest BCUT2D eigenvalue weighted by atomic mass is 32.2. The molecule has 2 fully saturated rings. The fourth-order valence-electron chi connectivity index (χ4n) is 6.23. The zero-order valence-electron chi connectivity index (χ0n) is 31.6. The molecule has 2 aromatic rings. The molecule has 290 valence electrons. The topological polar surface area (TPSA) is 176 Å². The van der Waals surface area contributed by atoms with Crippen molar-refractivity contribution < 1.29 is 37.9 Å². The van der Waals surface area contributed by atoms with Gasteiger partial charge in [-0.05, 0) is 68.2 Å². The number of Topliss-reactive ketones (excluding diaryl/α,β-unsaturated/α-hetero) is 1. The first-order valence-corrected chi connectivity index (χ1v) is 20.0. The third kappa shape index (κ3) is 11.5. The maximum Gasteiger partial charge on any atom is 0.408 e. The van der Waals surface area contributed by atoms with Gasteiger partial charge >= 0.3 is 6.09 Å². The van der Waals surface area contributed by atoms with Gasteiger partial charge in [0.05, 0.1) is 22.9 Å². The number of ketones is 1. The molecule has 13 nitrogen and oxygen atoms in total. The van der Waals surface area contributed by atoms with Crippen LogP contribution in [0.5, 0.6) is 0 Å². The van der Waals surface area contributed by atoms with Crippen molar-refractivity contribution >= 4 is 59.0 Å². The van der Waals surface area contributed by atoms with E-state index in [0.717, 1.165) is 23.5 Å². The molecule has 4 rings (SSSR count). The SMILES string of the molecule is CCCC(NC(=O)[C@@H]1CC2(CN1C(=O)C(NC(=O)OC(C)(C)C)C(C)(C)C)SCCCS2)C(=O)C(=O)NCC(=O)NC(c1ccccc1)c1ccco1. The summed E-state index contributed by atoms with van der Waals surface area (Å²) in [5.74, 6) is -1.21. The summed E-state index contributed by atoms with van der Waals surface area (Å²) in [5, 5.41) is 10.7. The Morgan fingerprint density at radius 1 is 0.943 bits per heavy atom. The maximum atomic E-state index is 14.4. The molecule has 0 saturated carbocycles. The number of benzene rings is 1. The summed E-state index contributed by atoms with van der Waals surface area (Å²) >= 11 is 3.42. The third-order valence-corrected chi connectivity index (χ3v) is 12.1. The number of nitrogens with one attached hydrogen (secondary N) is 4. The number of hydrogen-bond acceptors (Lipinski definition) is 10. The monoisotopic (exact) mass is 771 g/mol. The molecule has 15 heteroatoms. The fraction of sp³-hybridized carbons (Fsp3) is 0.579. The Balaban J connectivity index is 1.47. The van der Waals surface area contributed by atoms with E-state index in [-0.39, 0.29) is 13.0 Å². The molecule has 1 spiro atoms. The van der Waals surface area contributed by atoms with Crippen LogP contribution in [0.15, 0.2) is 53.1 Å². The van der Waals surface area contributed by atoms with Gasteiger partial charge in [0.25, 0.3) is 5.91 Å².